The van der Waals surface area contributed by atoms with Crippen molar-refractivity contribution >= 4 is 33.8 Å². The molecule has 0 radical (unpaired) electrons. The molecular weight excluding hydrogens is 372 g/mol. The zero-order valence-corrected chi connectivity index (χ0v) is 14.0. The van der Waals surface area contributed by atoms with Crippen LogP contribution >= 0.6 is 15.9 Å². The van der Waals surface area contributed by atoms with Crippen molar-refractivity contribution in [3.63, 3.8) is 0 Å². The normalized spacial score (nSPS) is 10.9. The molecule has 24 heavy (non-hydrogen) atoms. The molecule has 1 aromatic heterocycles. The van der Waals surface area contributed by atoms with Gasteiger partial charge in [0.2, 0.25) is 0 Å². The van der Waals surface area contributed by atoms with E-state index < -0.39 is 5.97 Å². The fraction of sp³-hybridized carbons (Fsp3) is 0. The Morgan fingerprint density at radius 2 is 1.83 bits per heavy atom. The number of hydrazone groups is 1. The van der Waals surface area contributed by atoms with Crippen LogP contribution in [0.3, 0.4) is 0 Å². The van der Waals surface area contributed by atoms with Crippen molar-refractivity contribution in [1.82, 2.24) is 0 Å². The lowest BCUT2D eigenvalue weighted by molar-refractivity contribution is 0.0697. The Morgan fingerprint density at radius 3 is 2.58 bits per heavy atom. The second-order valence-corrected chi connectivity index (χ2v) is 5.85. The van der Waals surface area contributed by atoms with Gasteiger partial charge in [-0.15, -0.1) is 0 Å². The van der Waals surface area contributed by atoms with Crippen molar-refractivity contribution in [2.24, 2.45) is 5.10 Å². The summed E-state index contributed by atoms with van der Waals surface area (Å²) in [5, 5.41) is 13.3. The molecule has 0 aliphatic heterocycles. The van der Waals surface area contributed by atoms with Crippen LogP contribution < -0.4 is 5.43 Å². The van der Waals surface area contributed by atoms with Crippen molar-refractivity contribution < 1.29 is 14.3 Å². The maximum absolute atomic E-state index is 11.3. The number of carbonyl (C=O) groups is 1. The van der Waals surface area contributed by atoms with Crippen molar-refractivity contribution in [2.45, 2.75) is 0 Å². The number of anilines is 1. The first kappa shape index (κ1) is 16.0. The number of aromatic carboxylic acids is 1. The van der Waals surface area contributed by atoms with Gasteiger partial charge in [0.15, 0.2) is 0 Å². The minimum Gasteiger partial charge on any atom is -0.478 e. The van der Waals surface area contributed by atoms with E-state index in [1.54, 1.807) is 36.4 Å². The SMILES string of the molecule is O=C(O)c1ccccc1-c1ccc(/C=N/Nc2ccc(Br)cc2)o1. The summed E-state index contributed by atoms with van der Waals surface area (Å²) in [5.41, 5.74) is 4.47. The van der Waals surface area contributed by atoms with Gasteiger partial charge in [0.05, 0.1) is 17.5 Å². The molecule has 2 N–H and O–H groups in total. The summed E-state index contributed by atoms with van der Waals surface area (Å²) in [6.45, 7) is 0. The number of carboxylic acid groups (broad SMARTS) is 1. The maximum atomic E-state index is 11.3. The smallest absolute Gasteiger partial charge is 0.336 e. The van der Waals surface area contributed by atoms with Crippen LogP contribution in [-0.2, 0) is 0 Å². The molecule has 0 aliphatic carbocycles. The van der Waals surface area contributed by atoms with Gasteiger partial charge in [-0.25, -0.2) is 4.79 Å². The van der Waals surface area contributed by atoms with Crippen molar-refractivity contribution in [3.05, 3.63) is 76.5 Å². The highest BCUT2D eigenvalue weighted by atomic mass is 79.9. The molecule has 0 saturated carbocycles. The standard InChI is InChI=1S/C18H13BrN2O3/c19-12-5-7-13(8-6-12)21-20-11-14-9-10-17(24-14)15-3-1-2-4-16(15)18(22)23/h1-11,21H,(H,22,23)/b20-11+. The summed E-state index contributed by atoms with van der Waals surface area (Å²) in [6.07, 6.45) is 1.54. The van der Waals surface area contributed by atoms with Gasteiger partial charge in [-0.1, -0.05) is 34.1 Å². The Balaban J connectivity index is 1.75. The van der Waals surface area contributed by atoms with Gasteiger partial charge in [-0.3, -0.25) is 5.43 Å². The van der Waals surface area contributed by atoms with Crippen LogP contribution in [0.25, 0.3) is 11.3 Å². The number of nitrogens with one attached hydrogen (secondary N) is 1. The molecule has 0 aliphatic rings. The van der Waals surface area contributed by atoms with Crippen LogP contribution in [0.2, 0.25) is 0 Å². The van der Waals surface area contributed by atoms with E-state index in [-0.39, 0.29) is 5.56 Å². The summed E-state index contributed by atoms with van der Waals surface area (Å²) >= 11 is 3.37. The number of carboxylic acids is 1. The molecule has 6 heteroatoms. The average Bonchev–Trinajstić information content (AvgIpc) is 3.05. The van der Waals surface area contributed by atoms with E-state index >= 15 is 0 Å². The van der Waals surface area contributed by atoms with Crippen LogP contribution in [0.4, 0.5) is 5.69 Å². The van der Waals surface area contributed by atoms with Crippen molar-refractivity contribution in [2.75, 3.05) is 5.43 Å². The Morgan fingerprint density at radius 1 is 1.08 bits per heavy atom. The molecule has 5 nitrogen and oxygen atoms in total. The quantitative estimate of drug-likeness (QED) is 0.486. The van der Waals surface area contributed by atoms with E-state index in [0.717, 1.165) is 10.2 Å². The Bertz CT molecular complexity index is 885. The largest absolute Gasteiger partial charge is 0.478 e. The summed E-state index contributed by atoms with van der Waals surface area (Å²) in [6, 6.07) is 17.8. The van der Waals surface area contributed by atoms with E-state index in [0.29, 0.717) is 17.1 Å². The van der Waals surface area contributed by atoms with Gasteiger partial charge in [0, 0.05) is 10.0 Å². The second-order valence-electron chi connectivity index (χ2n) is 4.93. The molecule has 1 heterocycles. The lowest BCUT2D eigenvalue weighted by Gasteiger charge is -2.02. The number of benzene rings is 2. The molecule has 0 saturated heterocycles. The lowest BCUT2D eigenvalue weighted by atomic mass is 10.1. The molecule has 120 valence electrons. The maximum Gasteiger partial charge on any atom is 0.336 e. The summed E-state index contributed by atoms with van der Waals surface area (Å²) in [7, 11) is 0. The number of furan rings is 1. The third-order valence-corrected chi connectivity index (χ3v) is 3.81. The molecule has 3 rings (SSSR count). The Labute approximate surface area is 146 Å². The second kappa shape index (κ2) is 7.14. The van der Waals surface area contributed by atoms with E-state index in [2.05, 4.69) is 26.5 Å². The van der Waals surface area contributed by atoms with Crippen LogP contribution in [0.1, 0.15) is 16.1 Å². The summed E-state index contributed by atoms with van der Waals surface area (Å²) in [5.74, 6) is 0.0158. The molecule has 0 bridgehead atoms. The van der Waals surface area contributed by atoms with Crippen LogP contribution in [0.5, 0.6) is 0 Å². The van der Waals surface area contributed by atoms with E-state index in [9.17, 15) is 9.90 Å². The van der Waals surface area contributed by atoms with Gasteiger partial charge in [0.25, 0.3) is 0 Å². The topological polar surface area (TPSA) is 74.8 Å². The summed E-state index contributed by atoms with van der Waals surface area (Å²) < 4.78 is 6.65. The first-order chi connectivity index (χ1) is 11.6. The number of hydrogen-bond acceptors (Lipinski definition) is 4. The molecular formula is C18H13BrN2O3. The van der Waals surface area contributed by atoms with Crippen LogP contribution in [0.15, 0.2) is 74.7 Å². The summed E-state index contributed by atoms with van der Waals surface area (Å²) in [4.78, 5) is 11.3. The predicted molar refractivity (Wildman–Crippen MR) is 96.5 cm³/mol. The number of hydrogen-bond donors (Lipinski definition) is 2. The first-order valence-electron chi connectivity index (χ1n) is 7.10. The molecule has 0 atom stereocenters. The zero-order chi connectivity index (χ0) is 16.9. The van der Waals surface area contributed by atoms with Crippen molar-refractivity contribution in [3.8, 4) is 11.3 Å². The molecule has 0 unspecified atom stereocenters. The molecule has 0 fully saturated rings. The van der Waals surface area contributed by atoms with Gasteiger partial charge in [-0.2, -0.15) is 5.10 Å². The van der Waals surface area contributed by atoms with Gasteiger partial charge in [-0.05, 0) is 42.5 Å². The van der Waals surface area contributed by atoms with E-state index in [4.69, 9.17) is 4.42 Å². The highest BCUT2D eigenvalue weighted by Crippen LogP contribution is 2.25. The average molecular weight is 385 g/mol. The van der Waals surface area contributed by atoms with Crippen molar-refractivity contribution in [1.29, 1.82) is 0 Å². The van der Waals surface area contributed by atoms with Crippen LogP contribution in [-0.4, -0.2) is 17.3 Å². The third-order valence-electron chi connectivity index (χ3n) is 3.28. The molecule has 2 aromatic carbocycles. The van der Waals surface area contributed by atoms with E-state index in [1.807, 2.05) is 24.3 Å². The zero-order valence-electron chi connectivity index (χ0n) is 12.4. The van der Waals surface area contributed by atoms with Gasteiger partial charge < -0.3 is 9.52 Å². The highest BCUT2D eigenvalue weighted by Gasteiger charge is 2.13. The van der Waals surface area contributed by atoms with Crippen LogP contribution in [0, 0.1) is 0 Å². The number of rotatable bonds is 5. The first-order valence-corrected chi connectivity index (χ1v) is 7.90. The predicted octanol–water partition coefficient (Wildman–Crippen LogP) is 4.85. The monoisotopic (exact) mass is 384 g/mol. The fourth-order valence-electron chi connectivity index (χ4n) is 2.15. The number of halogens is 1. The molecule has 0 spiro atoms. The van der Waals surface area contributed by atoms with Gasteiger partial charge in [0.1, 0.15) is 11.5 Å². The Hall–Kier alpha value is -2.86. The lowest BCUT2D eigenvalue weighted by Crippen LogP contribution is -1.98. The third kappa shape index (κ3) is 3.72. The van der Waals surface area contributed by atoms with Gasteiger partial charge >= 0.3 is 5.97 Å². The Kier molecular flexibility index (Phi) is 4.77. The highest BCUT2D eigenvalue weighted by molar-refractivity contribution is 9.10. The molecule has 0 amide bonds. The minimum absolute atomic E-state index is 0.198. The number of nitrogens with zero attached hydrogens (tertiary/aromatic N) is 1. The minimum atomic E-state index is -0.992. The molecule has 3 aromatic rings. The van der Waals surface area contributed by atoms with E-state index in [1.165, 1.54) is 6.21 Å². The fourth-order valence-corrected chi connectivity index (χ4v) is 2.41.